The van der Waals surface area contributed by atoms with Crippen LogP contribution in [0.1, 0.15) is 80.5 Å². The summed E-state index contributed by atoms with van der Waals surface area (Å²) in [5, 5.41) is 16.7. The van der Waals surface area contributed by atoms with Crippen LogP contribution in [0.3, 0.4) is 0 Å². The average molecular weight is 1320 g/mol. The molecule has 100 heavy (non-hydrogen) atoms. The molecule has 13 aromatic rings. The average Bonchev–Trinajstić information content (AvgIpc) is 1.48. The number of amides is 1. The first kappa shape index (κ1) is 65.9. The van der Waals surface area contributed by atoms with Crippen molar-refractivity contribution in [3.05, 3.63) is 324 Å². The Bertz CT molecular complexity index is 4670. The summed E-state index contributed by atoms with van der Waals surface area (Å²) >= 11 is 0. The van der Waals surface area contributed by atoms with Gasteiger partial charge in [0.15, 0.2) is 0 Å². The zero-order valence-electron chi connectivity index (χ0n) is 57.6. The van der Waals surface area contributed by atoms with Crippen LogP contribution in [0.4, 0.5) is 16.4 Å². The number of anilines is 2. The van der Waals surface area contributed by atoms with Gasteiger partial charge < -0.3 is 34.2 Å². The lowest BCUT2D eigenvalue weighted by Crippen LogP contribution is -2.54. The Morgan fingerprint density at radius 2 is 0.840 bits per heavy atom. The lowest BCUT2D eigenvalue weighted by molar-refractivity contribution is 0.0794. The Labute approximate surface area is 586 Å². The Balaban J connectivity index is 0.000000174. The van der Waals surface area contributed by atoms with Gasteiger partial charge in [-0.2, -0.15) is 10.2 Å². The van der Waals surface area contributed by atoms with Gasteiger partial charge in [0.25, 0.3) is 0 Å². The molecule has 15 rings (SSSR count). The Morgan fingerprint density at radius 1 is 0.460 bits per heavy atom. The van der Waals surface area contributed by atoms with E-state index in [1.54, 1.807) is 0 Å². The summed E-state index contributed by atoms with van der Waals surface area (Å²) < 4.78 is 22.6. The van der Waals surface area contributed by atoms with Crippen molar-refractivity contribution in [2.24, 2.45) is 0 Å². The molecule has 0 saturated carbocycles. The maximum atomic E-state index is 13.1. The highest BCUT2D eigenvalue weighted by Crippen LogP contribution is 2.47. The third kappa shape index (κ3) is 13.3. The van der Waals surface area contributed by atoms with Crippen molar-refractivity contribution in [2.75, 3.05) is 49.1 Å². The van der Waals surface area contributed by atoms with Crippen LogP contribution in [0.15, 0.2) is 285 Å². The highest BCUT2D eigenvalue weighted by atomic mass is 16.6. The summed E-state index contributed by atoms with van der Waals surface area (Å²) in [6.45, 7) is 17.3. The lowest BCUT2D eigenvalue weighted by atomic mass is 9.77. The molecule has 0 bridgehead atoms. The van der Waals surface area contributed by atoms with E-state index in [-0.39, 0.29) is 30.9 Å². The molecular formula is C86H84N10O4. The SMILES string of the molecule is CC(C)Oc1ccc2c(c1)c(-c1ccnc(N3CCN(C(=O)OCc4ccccc4)C(C)C3)c1)nn2C(c1ccccc1)(c1ccccc1)c1ccccc1.CC1CN(c2cc(-c3nn(C(c4ccccc4)(c4ccccc4)c4ccccc4)c4ccc(OC(C)C)cc34)ccn2)CCN1. The van der Waals surface area contributed by atoms with E-state index >= 15 is 0 Å². The maximum Gasteiger partial charge on any atom is 0.410 e. The molecule has 2 fully saturated rings. The maximum absolute atomic E-state index is 13.1. The summed E-state index contributed by atoms with van der Waals surface area (Å²) in [5.41, 5.74) is 11.8. The van der Waals surface area contributed by atoms with Crippen LogP contribution < -0.4 is 24.6 Å². The van der Waals surface area contributed by atoms with Gasteiger partial charge in [-0.25, -0.2) is 24.1 Å². The highest BCUT2D eigenvalue weighted by molar-refractivity contribution is 5.97. The molecule has 9 aromatic carbocycles. The normalized spacial score (nSPS) is 15.0. The molecule has 1 amide bonds. The molecule has 0 radical (unpaired) electrons. The standard InChI is InChI=1S/C47H45N5O3.C39H39N5O/c1-34(2)55-41-24-25-43-42(31-41)45(49-52(43)47(38-18-10-5-11-19-38,39-20-12-6-13-21-39)40-22-14-7-15-23-40)37-26-27-48-44(30-37)50-28-29-51(35(3)32-50)46(53)54-33-36-16-8-4-9-17-36;1-28(2)45-34-19-20-36-35(26-34)38(30-21-22-41-37(25-30)43-24-23-40-29(3)27-43)42-44(36)39(31-13-7-4-8-14-31,32-15-9-5-10-16-32)33-17-11-6-12-18-33/h4-27,30-31,34-35H,28-29,32-33H2,1-3H3;4-22,25-26,28-29,40H,23-24,27H2,1-3H3. The zero-order valence-corrected chi connectivity index (χ0v) is 57.6. The fraction of sp³-hybridized carbons (Fsp3) is 0.221. The molecule has 0 spiro atoms. The van der Waals surface area contributed by atoms with Gasteiger partial charge in [-0.05, 0) is 141 Å². The van der Waals surface area contributed by atoms with E-state index in [9.17, 15) is 4.79 Å². The number of piperazine rings is 2. The number of hydrogen-bond acceptors (Lipinski definition) is 11. The summed E-state index contributed by atoms with van der Waals surface area (Å²) in [6.07, 6.45) is 3.54. The number of ether oxygens (including phenoxy) is 3. The second kappa shape index (κ2) is 29.4. The third-order valence-corrected chi connectivity index (χ3v) is 19.0. The molecule has 1 N–H and O–H groups in total. The van der Waals surface area contributed by atoms with Crippen LogP contribution >= 0.6 is 0 Å². The Hall–Kier alpha value is -11.4. The number of rotatable bonds is 18. The quantitative estimate of drug-likeness (QED) is 0.0825. The molecule has 2 unspecified atom stereocenters. The molecule has 2 aliphatic heterocycles. The first-order valence-electron chi connectivity index (χ1n) is 34.8. The number of carbonyl (C=O) groups excluding carboxylic acids is 1. The Kier molecular flexibility index (Phi) is 19.4. The summed E-state index contributed by atoms with van der Waals surface area (Å²) in [7, 11) is 0. The van der Waals surface area contributed by atoms with Crippen molar-refractivity contribution in [2.45, 2.75) is 83.5 Å². The van der Waals surface area contributed by atoms with E-state index < -0.39 is 11.1 Å². The van der Waals surface area contributed by atoms with E-state index in [4.69, 9.17) is 34.4 Å². The topological polar surface area (TPSA) is 128 Å². The predicted octanol–water partition coefficient (Wildman–Crippen LogP) is 17.1. The minimum absolute atomic E-state index is 0.0109. The second-order valence-corrected chi connectivity index (χ2v) is 26.5. The lowest BCUT2D eigenvalue weighted by Gasteiger charge is -2.39. The number of fused-ring (bicyclic) bond motifs is 2. The van der Waals surface area contributed by atoms with Crippen LogP contribution in [0.2, 0.25) is 0 Å². The van der Waals surface area contributed by atoms with Crippen molar-refractivity contribution in [3.63, 3.8) is 0 Å². The molecule has 0 aliphatic carbocycles. The number of aromatic nitrogens is 6. The molecule has 4 aromatic heterocycles. The van der Waals surface area contributed by atoms with Gasteiger partial charge in [0.1, 0.15) is 52.2 Å². The zero-order chi connectivity index (χ0) is 68.6. The van der Waals surface area contributed by atoms with E-state index in [1.165, 1.54) is 0 Å². The van der Waals surface area contributed by atoms with Crippen molar-refractivity contribution in [1.82, 2.24) is 39.7 Å². The van der Waals surface area contributed by atoms with Crippen LogP contribution in [-0.2, 0) is 22.4 Å². The fourth-order valence-corrected chi connectivity index (χ4v) is 14.5. The van der Waals surface area contributed by atoms with Gasteiger partial charge in [0.2, 0.25) is 0 Å². The molecule has 14 nitrogen and oxygen atoms in total. The Morgan fingerprint density at radius 3 is 1.21 bits per heavy atom. The number of pyridine rings is 2. The van der Waals surface area contributed by atoms with Crippen LogP contribution in [0.25, 0.3) is 44.3 Å². The van der Waals surface area contributed by atoms with Crippen molar-refractivity contribution < 1.29 is 19.0 Å². The van der Waals surface area contributed by atoms with Gasteiger partial charge in [-0.15, -0.1) is 0 Å². The number of nitrogens with zero attached hydrogens (tertiary/aromatic N) is 9. The molecule has 2 aliphatic rings. The monoisotopic (exact) mass is 1320 g/mol. The van der Waals surface area contributed by atoms with Gasteiger partial charge in [0.05, 0.1) is 23.2 Å². The minimum atomic E-state index is -0.808. The van der Waals surface area contributed by atoms with E-state index in [2.05, 4.69) is 283 Å². The van der Waals surface area contributed by atoms with Gasteiger partial charge in [-0.3, -0.25) is 0 Å². The molecule has 14 heteroatoms. The van der Waals surface area contributed by atoms with Crippen molar-refractivity contribution in [3.8, 4) is 34.0 Å². The summed E-state index contributed by atoms with van der Waals surface area (Å²) in [4.78, 5) is 29.2. The molecular weight excluding hydrogens is 1240 g/mol. The first-order chi connectivity index (χ1) is 48.9. The number of carbonyl (C=O) groups is 1. The number of benzene rings is 9. The van der Waals surface area contributed by atoms with E-state index in [0.717, 1.165) is 126 Å². The third-order valence-electron chi connectivity index (χ3n) is 19.0. The molecule has 502 valence electrons. The number of nitrogens with one attached hydrogen (secondary N) is 1. The largest absolute Gasteiger partial charge is 0.491 e. The van der Waals surface area contributed by atoms with Gasteiger partial charge in [0, 0.05) is 85.6 Å². The first-order valence-corrected chi connectivity index (χ1v) is 34.8. The van der Waals surface area contributed by atoms with Crippen LogP contribution in [-0.4, -0.2) is 104 Å². The van der Waals surface area contributed by atoms with Gasteiger partial charge in [-0.1, -0.05) is 212 Å². The highest BCUT2D eigenvalue weighted by Gasteiger charge is 2.43. The van der Waals surface area contributed by atoms with Crippen molar-refractivity contribution >= 4 is 39.5 Å². The molecule has 2 atom stereocenters. The molecule has 2 saturated heterocycles. The van der Waals surface area contributed by atoms with E-state index in [0.29, 0.717) is 25.7 Å². The smallest absolute Gasteiger partial charge is 0.410 e. The van der Waals surface area contributed by atoms with Crippen LogP contribution in [0.5, 0.6) is 11.5 Å². The number of hydrogen-bond donors (Lipinski definition) is 1. The summed E-state index contributed by atoms with van der Waals surface area (Å²) in [5.74, 6) is 3.41. The molecule has 6 heterocycles. The van der Waals surface area contributed by atoms with Gasteiger partial charge >= 0.3 is 6.09 Å². The fourth-order valence-electron chi connectivity index (χ4n) is 14.5. The van der Waals surface area contributed by atoms with Crippen LogP contribution in [0, 0.1) is 0 Å². The van der Waals surface area contributed by atoms with E-state index in [1.807, 2.05) is 73.6 Å². The minimum Gasteiger partial charge on any atom is -0.491 e. The predicted molar refractivity (Wildman–Crippen MR) is 401 cm³/mol. The van der Waals surface area contributed by atoms with Crippen molar-refractivity contribution in [1.29, 1.82) is 0 Å². The summed E-state index contributed by atoms with van der Waals surface area (Å²) in [6, 6.07) is 95.2. The second-order valence-electron chi connectivity index (χ2n) is 26.5.